The van der Waals surface area contributed by atoms with Crippen molar-refractivity contribution >= 4 is 46.4 Å². The number of anilines is 2. The Labute approximate surface area is 108 Å². The van der Waals surface area contributed by atoms with Crippen molar-refractivity contribution in [3.8, 4) is 0 Å². The second kappa shape index (κ2) is 4.53. The summed E-state index contributed by atoms with van der Waals surface area (Å²) in [6.07, 6.45) is 3.52. The van der Waals surface area contributed by atoms with Crippen LogP contribution in [-0.2, 0) is 7.05 Å². The second-order valence-corrected chi connectivity index (χ2v) is 4.45. The molecular weight excluding hydrogens is 268 g/mol. The van der Waals surface area contributed by atoms with Crippen LogP contribution in [-0.4, -0.2) is 9.55 Å². The van der Waals surface area contributed by atoms with Gasteiger partial charge in [0.2, 0.25) is 5.95 Å². The zero-order chi connectivity index (χ0) is 11.7. The van der Waals surface area contributed by atoms with Crippen LogP contribution in [0.3, 0.4) is 0 Å². The molecule has 0 aliphatic carbocycles. The van der Waals surface area contributed by atoms with Crippen LogP contribution in [0.1, 0.15) is 0 Å². The van der Waals surface area contributed by atoms with Crippen molar-refractivity contribution in [3.05, 3.63) is 39.6 Å². The van der Waals surface area contributed by atoms with Gasteiger partial charge in [-0.2, -0.15) is 0 Å². The Morgan fingerprint density at radius 2 is 1.81 bits per heavy atom. The maximum absolute atomic E-state index is 6.03. The monoisotopic (exact) mass is 275 g/mol. The summed E-state index contributed by atoms with van der Waals surface area (Å²) in [5.41, 5.74) is 0.672. The summed E-state index contributed by atoms with van der Waals surface area (Å²) >= 11 is 17.8. The van der Waals surface area contributed by atoms with E-state index in [1.54, 1.807) is 18.3 Å². The number of hydrogen-bond acceptors (Lipinski definition) is 2. The van der Waals surface area contributed by atoms with Gasteiger partial charge in [-0.25, -0.2) is 4.98 Å². The number of benzene rings is 1. The molecule has 2 rings (SSSR count). The fourth-order valence-corrected chi connectivity index (χ4v) is 1.82. The number of rotatable bonds is 2. The molecule has 0 bridgehead atoms. The predicted octanol–water partition coefficient (Wildman–Crippen LogP) is 4.12. The van der Waals surface area contributed by atoms with E-state index >= 15 is 0 Å². The number of aromatic nitrogens is 2. The first-order valence-corrected chi connectivity index (χ1v) is 5.60. The van der Waals surface area contributed by atoms with Crippen LogP contribution in [0.15, 0.2) is 24.5 Å². The molecule has 0 radical (unpaired) electrons. The van der Waals surface area contributed by atoms with E-state index in [1.165, 1.54) is 0 Å². The molecule has 1 N–H and O–H groups in total. The number of hydrogen-bond donors (Lipinski definition) is 1. The minimum Gasteiger partial charge on any atom is -0.324 e. The molecule has 6 heteroatoms. The van der Waals surface area contributed by atoms with E-state index in [0.29, 0.717) is 26.7 Å². The topological polar surface area (TPSA) is 29.9 Å². The van der Waals surface area contributed by atoms with Crippen molar-refractivity contribution in [3.63, 3.8) is 0 Å². The maximum atomic E-state index is 6.03. The van der Waals surface area contributed by atoms with Gasteiger partial charge in [0.15, 0.2) is 0 Å². The lowest BCUT2D eigenvalue weighted by Gasteiger charge is -2.09. The second-order valence-electron chi connectivity index (χ2n) is 3.23. The number of imidazole rings is 1. The molecular formula is C10H8Cl3N3. The summed E-state index contributed by atoms with van der Waals surface area (Å²) in [6, 6.07) is 3.26. The normalized spacial score (nSPS) is 10.5. The van der Waals surface area contributed by atoms with E-state index < -0.39 is 0 Å². The quantitative estimate of drug-likeness (QED) is 0.836. The van der Waals surface area contributed by atoms with Crippen LogP contribution < -0.4 is 5.32 Å². The summed E-state index contributed by atoms with van der Waals surface area (Å²) in [6.45, 7) is 0. The van der Waals surface area contributed by atoms with Gasteiger partial charge in [-0.15, -0.1) is 0 Å². The lowest BCUT2D eigenvalue weighted by molar-refractivity contribution is 0.924. The molecule has 0 unspecified atom stereocenters. The lowest BCUT2D eigenvalue weighted by Crippen LogP contribution is -1.99. The summed E-state index contributed by atoms with van der Waals surface area (Å²) < 4.78 is 1.83. The first kappa shape index (κ1) is 11.6. The summed E-state index contributed by atoms with van der Waals surface area (Å²) in [4.78, 5) is 4.12. The van der Waals surface area contributed by atoms with Crippen molar-refractivity contribution < 1.29 is 0 Å². The molecule has 1 aromatic heterocycles. The molecule has 2 aromatic rings. The van der Waals surface area contributed by atoms with Gasteiger partial charge >= 0.3 is 0 Å². The van der Waals surface area contributed by atoms with Crippen molar-refractivity contribution in [1.29, 1.82) is 0 Å². The van der Waals surface area contributed by atoms with E-state index in [-0.39, 0.29) is 0 Å². The van der Waals surface area contributed by atoms with Gasteiger partial charge in [-0.1, -0.05) is 34.8 Å². The third kappa shape index (κ3) is 2.26. The standard InChI is InChI=1S/C10H8Cl3N3/c1-16-3-2-14-10(16)15-9-5-7(12)6(11)4-8(9)13/h2-5H,1H3,(H,14,15). The maximum Gasteiger partial charge on any atom is 0.207 e. The van der Waals surface area contributed by atoms with E-state index in [1.807, 2.05) is 17.8 Å². The SMILES string of the molecule is Cn1ccnc1Nc1cc(Cl)c(Cl)cc1Cl. The van der Waals surface area contributed by atoms with Gasteiger partial charge in [0.25, 0.3) is 0 Å². The van der Waals surface area contributed by atoms with Crippen molar-refractivity contribution in [2.45, 2.75) is 0 Å². The van der Waals surface area contributed by atoms with Crippen molar-refractivity contribution in [2.75, 3.05) is 5.32 Å². The number of halogens is 3. The molecule has 0 fully saturated rings. The predicted molar refractivity (Wildman–Crippen MR) is 68.0 cm³/mol. The minimum atomic E-state index is 0.428. The average molecular weight is 277 g/mol. The molecule has 0 aliphatic heterocycles. The first-order valence-electron chi connectivity index (χ1n) is 4.47. The van der Waals surface area contributed by atoms with Crippen molar-refractivity contribution in [1.82, 2.24) is 9.55 Å². The first-order chi connectivity index (χ1) is 7.58. The Morgan fingerprint density at radius 3 is 2.44 bits per heavy atom. The van der Waals surface area contributed by atoms with Gasteiger partial charge in [-0.3, -0.25) is 0 Å². The van der Waals surface area contributed by atoms with Crippen LogP contribution in [0.2, 0.25) is 15.1 Å². The van der Waals surface area contributed by atoms with Crippen LogP contribution >= 0.6 is 34.8 Å². The van der Waals surface area contributed by atoms with Crippen molar-refractivity contribution in [2.24, 2.45) is 7.05 Å². The van der Waals surface area contributed by atoms with Gasteiger partial charge in [0.05, 0.1) is 20.8 Å². The summed E-state index contributed by atoms with van der Waals surface area (Å²) in [5.74, 6) is 0.681. The van der Waals surface area contributed by atoms with Gasteiger partial charge in [0, 0.05) is 19.4 Å². The van der Waals surface area contributed by atoms with Gasteiger partial charge in [-0.05, 0) is 12.1 Å². The average Bonchev–Trinajstić information content (AvgIpc) is 2.61. The lowest BCUT2D eigenvalue weighted by atomic mass is 10.3. The van der Waals surface area contributed by atoms with E-state index in [0.717, 1.165) is 0 Å². The number of nitrogens with one attached hydrogen (secondary N) is 1. The zero-order valence-corrected chi connectivity index (χ0v) is 10.6. The molecule has 3 nitrogen and oxygen atoms in total. The van der Waals surface area contributed by atoms with Crippen LogP contribution in [0.5, 0.6) is 0 Å². The molecule has 0 spiro atoms. The molecule has 1 heterocycles. The molecule has 0 amide bonds. The third-order valence-electron chi connectivity index (χ3n) is 2.08. The fourth-order valence-electron chi connectivity index (χ4n) is 1.22. The van der Waals surface area contributed by atoms with Gasteiger partial charge < -0.3 is 9.88 Å². The fraction of sp³-hybridized carbons (Fsp3) is 0.100. The Balaban J connectivity index is 2.35. The van der Waals surface area contributed by atoms with E-state index in [4.69, 9.17) is 34.8 Å². The van der Waals surface area contributed by atoms with Crippen LogP contribution in [0.25, 0.3) is 0 Å². The highest BCUT2D eigenvalue weighted by Crippen LogP contribution is 2.33. The Bertz CT molecular complexity index is 522. The van der Waals surface area contributed by atoms with E-state index in [9.17, 15) is 0 Å². The summed E-state index contributed by atoms with van der Waals surface area (Å²) in [7, 11) is 1.88. The number of aryl methyl sites for hydroxylation is 1. The Morgan fingerprint density at radius 1 is 1.12 bits per heavy atom. The highest BCUT2D eigenvalue weighted by atomic mass is 35.5. The van der Waals surface area contributed by atoms with E-state index in [2.05, 4.69) is 10.3 Å². The Kier molecular flexibility index (Phi) is 3.28. The highest BCUT2D eigenvalue weighted by Gasteiger charge is 2.07. The molecule has 0 saturated heterocycles. The molecule has 1 aromatic carbocycles. The number of nitrogens with zero attached hydrogens (tertiary/aromatic N) is 2. The van der Waals surface area contributed by atoms with Gasteiger partial charge in [0.1, 0.15) is 0 Å². The molecule has 0 saturated carbocycles. The molecule has 0 atom stereocenters. The Hall–Kier alpha value is -0.900. The molecule has 16 heavy (non-hydrogen) atoms. The largest absolute Gasteiger partial charge is 0.324 e. The minimum absolute atomic E-state index is 0.428. The van der Waals surface area contributed by atoms with Crippen LogP contribution in [0.4, 0.5) is 11.6 Å². The third-order valence-corrected chi connectivity index (χ3v) is 3.11. The van der Waals surface area contributed by atoms with Crippen LogP contribution in [0, 0.1) is 0 Å². The molecule has 84 valence electrons. The molecule has 0 aliphatic rings. The smallest absolute Gasteiger partial charge is 0.207 e. The highest BCUT2D eigenvalue weighted by molar-refractivity contribution is 6.44. The zero-order valence-electron chi connectivity index (χ0n) is 8.34. The summed E-state index contributed by atoms with van der Waals surface area (Å²) in [5, 5.41) is 4.44.